The number of aliphatic hydroxyl groups is 1. The minimum absolute atomic E-state index is 0.208. The summed E-state index contributed by atoms with van der Waals surface area (Å²) >= 11 is 1.38. The molecule has 3 N–H and O–H groups in total. The van der Waals surface area contributed by atoms with Gasteiger partial charge in [0.1, 0.15) is 22.2 Å². The lowest BCUT2D eigenvalue weighted by molar-refractivity contribution is 0.1000. The summed E-state index contributed by atoms with van der Waals surface area (Å²) in [5.74, 6) is 0.799. The Labute approximate surface area is 269 Å². The molecule has 0 aliphatic carbocycles. The van der Waals surface area contributed by atoms with Crippen LogP contribution in [0, 0.1) is 0 Å². The number of tetrazole rings is 1. The summed E-state index contributed by atoms with van der Waals surface area (Å²) in [5.41, 5.74) is 8.09. The number of hydrogen-bond acceptors (Lipinski definition) is 11. The highest BCUT2D eigenvalue weighted by Gasteiger charge is 2.26. The Morgan fingerprint density at radius 1 is 1.17 bits per heavy atom. The van der Waals surface area contributed by atoms with Gasteiger partial charge in [-0.05, 0) is 60.0 Å². The smallest absolute Gasteiger partial charge is 0.267 e. The van der Waals surface area contributed by atoms with Gasteiger partial charge < -0.3 is 20.5 Å². The molecule has 0 radical (unpaired) electrons. The molecule has 14 heteroatoms. The second-order valence-electron chi connectivity index (χ2n) is 12.2. The third kappa shape index (κ3) is 6.39. The highest BCUT2D eigenvalue weighted by atomic mass is 32.1. The van der Waals surface area contributed by atoms with Crippen molar-refractivity contribution >= 4 is 40.9 Å². The number of ether oxygens (including phenoxy) is 1. The number of carbonyl (C=O) groups excluding carboxylic acids is 1. The van der Waals surface area contributed by atoms with E-state index in [4.69, 9.17) is 20.4 Å². The Morgan fingerprint density at radius 3 is 2.63 bits per heavy atom. The molecule has 4 aromatic heterocycles. The first kappa shape index (κ1) is 31.0. The summed E-state index contributed by atoms with van der Waals surface area (Å²) in [6.07, 6.45) is 4.06. The molecular weight excluding hydrogens is 606 g/mol. The van der Waals surface area contributed by atoms with E-state index in [1.54, 1.807) is 25.3 Å². The van der Waals surface area contributed by atoms with Crippen molar-refractivity contribution in [2.75, 3.05) is 25.1 Å². The molecule has 1 saturated heterocycles. The number of benzene rings is 1. The average Bonchev–Trinajstić information content (AvgIpc) is 3.71. The van der Waals surface area contributed by atoms with E-state index in [0.29, 0.717) is 48.4 Å². The van der Waals surface area contributed by atoms with Crippen LogP contribution < -0.4 is 20.9 Å². The van der Waals surface area contributed by atoms with Crippen LogP contribution in [-0.4, -0.2) is 71.9 Å². The van der Waals surface area contributed by atoms with Crippen molar-refractivity contribution in [2.24, 2.45) is 5.73 Å². The number of aliphatic hydroxyl groups excluding tert-OH is 1. The van der Waals surface area contributed by atoms with Crippen LogP contribution in [0.3, 0.4) is 0 Å². The predicted octanol–water partition coefficient (Wildman–Crippen LogP) is 3.39. The highest BCUT2D eigenvalue weighted by Crippen LogP contribution is 2.31. The Morgan fingerprint density at radius 2 is 1.96 bits per heavy atom. The molecule has 1 aliphatic heterocycles. The number of thiazole rings is 1. The van der Waals surface area contributed by atoms with Crippen molar-refractivity contribution in [1.82, 2.24) is 34.6 Å². The molecule has 1 fully saturated rings. The minimum atomic E-state index is -0.645. The van der Waals surface area contributed by atoms with Crippen LogP contribution >= 0.6 is 11.3 Å². The molecule has 1 aliphatic rings. The third-order valence-electron chi connectivity index (χ3n) is 7.76. The zero-order valence-electron chi connectivity index (χ0n) is 26.0. The summed E-state index contributed by atoms with van der Waals surface area (Å²) in [6, 6.07) is 10.7. The molecular formula is C32H35N9O4S. The molecule has 0 unspecified atom stereocenters. The molecule has 5 aromatic rings. The lowest BCUT2D eigenvalue weighted by Crippen LogP contribution is -2.40. The fourth-order valence-electron chi connectivity index (χ4n) is 5.27. The molecule has 13 nitrogen and oxygen atoms in total. The van der Waals surface area contributed by atoms with Gasteiger partial charge in [0, 0.05) is 29.4 Å². The molecule has 46 heavy (non-hydrogen) atoms. The van der Waals surface area contributed by atoms with Gasteiger partial charge in [0.2, 0.25) is 5.91 Å². The number of amides is 1. The standard InChI is InChI=1S/C32H35N9O4S/c1-32(2,3)25-18-46-30(34-25)24-14-20(28(33)43)15-27-35-29(39-13-5-6-21(42)17-39)23(31(44)41(24)27)11-12-26-36-38-40(37-26)16-19-7-9-22(45-4)10-8-19/h7-12,14-15,18,21,42H,5-6,13,16-17H2,1-4H3,(H2,33,43)/t21-/m1/s1. The fraction of sp³-hybridized carbons (Fsp3) is 0.344. The number of piperidine rings is 1. The summed E-state index contributed by atoms with van der Waals surface area (Å²) < 4.78 is 6.68. The number of β-amino-alcohol motifs (C(OH)–C–C–N with tert-alkyl or cyclic N) is 1. The Hall–Kier alpha value is -4.95. The van der Waals surface area contributed by atoms with Gasteiger partial charge >= 0.3 is 0 Å². The fourth-order valence-corrected chi connectivity index (χ4v) is 6.32. The Bertz CT molecular complexity index is 1990. The van der Waals surface area contributed by atoms with Gasteiger partial charge in [-0.1, -0.05) is 32.9 Å². The van der Waals surface area contributed by atoms with Crippen molar-refractivity contribution < 1.29 is 14.6 Å². The molecule has 0 bridgehead atoms. The number of carbonyl (C=O) groups is 1. The zero-order chi connectivity index (χ0) is 32.6. The number of rotatable bonds is 8. The number of methoxy groups -OCH3 is 1. The number of hydrogen-bond donors (Lipinski definition) is 2. The quantitative estimate of drug-likeness (QED) is 0.256. The van der Waals surface area contributed by atoms with Gasteiger partial charge in [-0.2, -0.15) is 4.80 Å². The minimum Gasteiger partial charge on any atom is -0.497 e. The Balaban J connectivity index is 1.46. The van der Waals surface area contributed by atoms with E-state index in [0.717, 1.165) is 23.4 Å². The molecule has 6 rings (SSSR count). The highest BCUT2D eigenvalue weighted by molar-refractivity contribution is 7.13. The molecule has 1 aromatic carbocycles. The summed E-state index contributed by atoms with van der Waals surface area (Å²) in [6.45, 7) is 7.48. The summed E-state index contributed by atoms with van der Waals surface area (Å²) in [7, 11) is 1.61. The van der Waals surface area contributed by atoms with Crippen LogP contribution in [0.4, 0.5) is 5.82 Å². The van der Waals surface area contributed by atoms with Crippen molar-refractivity contribution in [3.63, 3.8) is 0 Å². The third-order valence-corrected chi connectivity index (χ3v) is 8.63. The second kappa shape index (κ2) is 12.4. The molecule has 238 valence electrons. The van der Waals surface area contributed by atoms with Crippen molar-refractivity contribution in [1.29, 1.82) is 0 Å². The monoisotopic (exact) mass is 641 g/mol. The number of anilines is 1. The number of nitrogens with two attached hydrogens (primary N) is 1. The summed E-state index contributed by atoms with van der Waals surface area (Å²) in [5, 5.41) is 25.8. The van der Waals surface area contributed by atoms with Gasteiger partial charge in [-0.3, -0.25) is 14.0 Å². The number of aromatic nitrogens is 7. The molecule has 0 saturated carbocycles. The van der Waals surface area contributed by atoms with Crippen molar-refractivity contribution in [3.05, 3.63) is 80.3 Å². The van der Waals surface area contributed by atoms with Gasteiger partial charge in [0.05, 0.1) is 36.7 Å². The molecule has 0 spiro atoms. The Kier molecular flexibility index (Phi) is 8.40. The molecule has 1 amide bonds. The normalized spacial score (nSPS) is 15.6. The number of nitrogens with zero attached hydrogens (tertiary/aromatic N) is 8. The van der Waals surface area contributed by atoms with E-state index in [-0.39, 0.29) is 27.7 Å². The number of pyridine rings is 1. The second-order valence-corrected chi connectivity index (χ2v) is 13.1. The van der Waals surface area contributed by atoms with E-state index in [1.807, 2.05) is 34.5 Å². The van der Waals surface area contributed by atoms with E-state index in [1.165, 1.54) is 26.6 Å². The van der Waals surface area contributed by atoms with E-state index in [2.05, 4.69) is 36.2 Å². The van der Waals surface area contributed by atoms with Gasteiger partial charge in [0.25, 0.3) is 5.56 Å². The van der Waals surface area contributed by atoms with E-state index in [9.17, 15) is 14.7 Å². The van der Waals surface area contributed by atoms with Crippen LogP contribution in [0.1, 0.15) is 66.6 Å². The van der Waals surface area contributed by atoms with Gasteiger partial charge in [0.15, 0.2) is 5.82 Å². The predicted molar refractivity (Wildman–Crippen MR) is 176 cm³/mol. The average molecular weight is 642 g/mol. The van der Waals surface area contributed by atoms with Crippen LogP contribution in [0.2, 0.25) is 0 Å². The zero-order valence-corrected chi connectivity index (χ0v) is 26.9. The first-order valence-corrected chi connectivity index (χ1v) is 15.8. The molecule has 5 heterocycles. The topological polar surface area (TPSA) is 167 Å². The van der Waals surface area contributed by atoms with Gasteiger partial charge in [-0.25, -0.2) is 9.97 Å². The van der Waals surface area contributed by atoms with Crippen LogP contribution in [0.15, 0.2) is 46.6 Å². The van der Waals surface area contributed by atoms with Crippen LogP contribution in [-0.2, 0) is 12.0 Å². The maximum atomic E-state index is 14.4. The first-order valence-electron chi connectivity index (χ1n) is 14.9. The van der Waals surface area contributed by atoms with Crippen LogP contribution in [0.5, 0.6) is 5.75 Å². The first-order chi connectivity index (χ1) is 22.0. The lowest BCUT2D eigenvalue weighted by atomic mass is 9.93. The maximum Gasteiger partial charge on any atom is 0.267 e. The largest absolute Gasteiger partial charge is 0.497 e. The number of primary amides is 1. The number of fused-ring (bicyclic) bond motifs is 1. The van der Waals surface area contributed by atoms with Crippen molar-refractivity contribution in [2.45, 2.75) is 51.7 Å². The van der Waals surface area contributed by atoms with E-state index < -0.39 is 12.0 Å². The summed E-state index contributed by atoms with van der Waals surface area (Å²) in [4.78, 5) is 39.9. The maximum absolute atomic E-state index is 14.4. The van der Waals surface area contributed by atoms with Gasteiger partial charge in [-0.15, -0.1) is 21.5 Å². The van der Waals surface area contributed by atoms with E-state index >= 15 is 0 Å². The van der Waals surface area contributed by atoms with Crippen molar-refractivity contribution in [3.8, 4) is 16.5 Å². The van der Waals surface area contributed by atoms with Crippen LogP contribution in [0.25, 0.3) is 28.5 Å². The molecule has 1 atom stereocenters. The SMILES string of the molecule is COc1ccc(Cn2nnc(C=Cc3c(N4CCC[C@@H](O)C4)nc4cc(C(N)=O)cc(-c5nc(C(C)(C)C)cs5)n4c3=O)n2)cc1. The lowest BCUT2D eigenvalue weighted by Gasteiger charge is -2.32.